The molecule has 0 aliphatic carbocycles. The maximum atomic E-state index is 12.9. The summed E-state index contributed by atoms with van der Waals surface area (Å²) in [6.45, 7) is 1.10. The highest BCUT2D eigenvalue weighted by Crippen LogP contribution is 2.27. The maximum Gasteiger partial charge on any atom is 0.322 e. The third kappa shape index (κ3) is 4.98. The summed E-state index contributed by atoms with van der Waals surface area (Å²) in [5, 5.41) is 25.8. The summed E-state index contributed by atoms with van der Waals surface area (Å²) in [7, 11) is 0. The Labute approximate surface area is 191 Å². The van der Waals surface area contributed by atoms with Gasteiger partial charge in [0.2, 0.25) is 5.91 Å². The Morgan fingerprint density at radius 2 is 1.69 bits per heavy atom. The Morgan fingerprint density at radius 3 is 2.38 bits per heavy atom. The predicted molar refractivity (Wildman–Crippen MR) is 124 cm³/mol. The van der Waals surface area contributed by atoms with E-state index in [2.05, 4.69) is 15.5 Å². The van der Waals surface area contributed by atoms with Crippen LogP contribution in [-0.2, 0) is 4.79 Å². The number of nitrogens with one attached hydrogen (secondary N) is 2. The van der Waals surface area contributed by atoms with Gasteiger partial charge in [-0.05, 0) is 61.4 Å². The molecular formula is C23H27ClN4O4. The van der Waals surface area contributed by atoms with Crippen LogP contribution in [0.1, 0.15) is 19.3 Å². The first kappa shape index (κ1) is 22.4. The first-order chi connectivity index (χ1) is 15.4. The van der Waals surface area contributed by atoms with Gasteiger partial charge in [-0.1, -0.05) is 11.6 Å². The number of hydrogen-bond donors (Lipinski definition) is 4. The molecule has 0 radical (unpaired) electrons. The van der Waals surface area contributed by atoms with Gasteiger partial charge in [0.25, 0.3) is 0 Å². The van der Waals surface area contributed by atoms with Gasteiger partial charge in [-0.25, -0.2) is 4.79 Å². The minimum atomic E-state index is -0.783. The minimum Gasteiger partial charge on any atom is -0.394 e. The quantitative estimate of drug-likeness (QED) is 0.551. The predicted octanol–water partition coefficient (Wildman–Crippen LogP) is 2.91. The van der Waals surface area contributed by atoms with Crippen LogP contribution in [0.4, 0.5) is 21.9 Å². The highest BCUT2D eigenvalue weighted by atomic mass is 35.5. The van der Waals surface area contributed by atoms with Crippen molar-refractivity contribution in [2.24, 2.45) is 0 Å². The maximum absolute atomic E-state index is 12.9. The van der Waals surface area contributed by atoms with Crippen LogP contribution >= 0.6 is 11.6 Å². The normalized spacial score (nSPS) is 22.8. The zero-order chi connectivity index (χ0) is 22.7. The molecule has 9 heteroatoms. The third-order valence-corrected chi connectivity index (χ3v) is 6.24. The first-order valence-corrected chi connectivity index (χ1v) is 11.1. The molecule has 3 amide bonds. The lowest BCUT2D eigenvalue weighted by Gasteiger charge is -2.26. The van der Waals surface area contributed by atoms with Gasteiger partial charge < -0.3 is 30.6 Å². The molecule has 8 nitrogen and oxygen atoms in total. The van der Waals surface area contributed by atoms with Crippen molar-refractivity contribution in [1.29, 1.82) is 0 Å². The molecule has 4 N–H and O–H groups in total. The van der Waals surface area contributed by atoms with Crippen molar-refractivity contribution >= 4 is 40.6 Å². The number of rotatable bonds is 5. The molecule has 170 valence electrons. The van der Waals surface area contributed by atoms with Gasteiger partial charge in [-0.3, -0.25) is 4.79 Å². The van der Waals surface area contributed by atoms with Crippen molar-refractivity contribution in [2.45, 2.75) is 37.5 Å². The number of aliphatic hydroxyl groups is 2. The molecule has 0 aromatic heterocycles. The number of aliphatic hydroxyl groups excluding tert-OH is 2. The van der Waals surface area contributed by atoms with Crippen LogP contribution < -0.4 is 15.5 Å². The number of carbonyl (C=O) groups is 2. The minimum absolute atomic E-state index is 0.0773. The Hall–Kier alpha value is -2.81. The largest absolute Gasteiger partial charge is 0.394 e. The number of β-amino-alcohol motifs (C(OH)–C–C–N with tert-alkyl or cyclic N) is 1. The molecule has 0 bridgehead atoms. The summed E-state index contributed by atoms with van der Waals surface area (Å²) in [6.07, 6.45) is 1.41. The van der Waals surface area contributed by atoms with Crippen molar-refractivity contribution in [1.82, 2.24) is 4.90 Å². The number of benzene rings is 2. The zero-order valence-corrected chi connectivity index (χ0v) is 18.3. The molecule has 2 aliphatic rings. The average molecular weight is 459 g/mol. The Bertz CT molecular complexity index is 953. The number of amides is 3. The molecule has 3 atom stereocenters. The number of hydrogen-bond acceptors (Lipinski definition) is 5. The molecular weight excluding hydrogens is 432 g/mol. The first-order valence-electron chi connectivity index (χ1n) is 10.7. The van der Waals surface area contributed by atoms with Crippen LogP contribution in [0.25, 0.3) is 0 Å². The molecule has 0 spiro atoms. The van der Waals surface area contributed by atoms with Crippen molar-refractivity contribution in [3.8, 4) is 0 Å². The number of anilines is 3. The van der Waals surface area contributed by atoms with E-state index < -0.39 is 18.2 Å². The number of nitrogens with zero attached hydrogens (tertiary/aromatic N) is 2. The van der Waals surface area contributed by atoms with Gasteiger partial charge in [-0.2, -0.15) is 0 Å². The van der Waals surface area contributed by atoms with Crippen molar-refractivity contribution in [3.63, 3.8) is 0 Å². The van der Waals surface area contributed by atoms with E-state index in [0.29, 0.717) is 16.4 Å². The fraction of sp³-hybridized carbons (Fsp3) is 0.391. The van der Waals surface area contributed by atoms with Crippen molar-refractivity contribution in [3.05, 3.63) is 53.6 Å². The van der Waals surface area contributed by atoms with Gasteiger partial charge in [0.15, 0.2) is 0 Å². The molecule has 2 aromatic carbocycles. The third-order valence-electron chi connectivity index (χ3n) is 5.99. The molecule has 4 rings (SSSR count). The average Bonchev–Trinajstić information content (AvgIpc) is 3.42. The van der Waals surface area contributed by atoms with Gasteiger partial charge in [0, 0.05) is 41.6 Å². The summed E-state index contributed by atoms with van der Waals surface area (Å²) in [5.74, 6) is -0.352. The number of urea groups is 1. The summed E-state index contributed by atoms with van der Waals surface area (Å²) >= 11 is 5.87. The SMILES string of the molecule is O=C(Nc1ccc(N2CCCC2CO)cc1)C1CC(O)CN1C(=O)Nc1ccc(Cl)cc1. The molecule has 32 heavy (non-hydrogen) atoms. The topological polar surface area (TPSA) is 105 Å². The van der Waals surface area contributed by atoms with E-state index >= 15 is 0 Å². The number of likely N-dealkylation sites (tertiary alicyclic amines) is 1. The van der Waals surface area contributed by atoms with Crippen molar-refractivity contribution in [2.75, 3.05) is 35.2 Å². The van der Waals surface area contributed by atoms with Crippen LogP contribution in [0, 0.1) is 0 Å². The monoisotopic (exact) mass is 458 g/mol. The highest BCUT2D eigenvalue weighted by Gasteiger charge is 2.39. The standard InChI is InChI=1S/C23H27ClN4O4/c24-15-3-5-17(6-4-15)26-23(32)28-13-20(30)12-21(28)22(31)25-16-7-9-18(10-8-16)27-11-1-2-19(27)14-29/h3-10,19-21,29-30H,1-2,11-14H2,(H,25,31)(H,26,32). The van der Waals surface area contributed by atoms with Gasteiger partial charge in [0.05, 0.1) is 18.8 Å². The van der Waals surface area contributed by atoms with E-state index in [-0.39, 0.29) is 31.5 Å². The van der Waals surface area contributed by atoms with Gasteiger partial charge in [-0.15, -0.1) is 0 Å². The molecule has 2 aromatic rings. The Morgan fingerprint density at radius 1 is 1.03 bits per heavy atom. The van der Waals surface area contributed by atoms with Crippen LogP contribution in [-0.4, -0.2) is 64.9 Å². The summed E-state index contributed by atoms with van der Waals surface area (Å²) in [5.41, 5.74) is 2.16. The Kier molecular flexibility index (Phi) is 6.83. The van der Waals surface area contributed by atoms with Gasteiger partial charge >= 0.3 is 6.03 Å². The smallest absolute Gasteiger partial charge is 0.322 e. The lowest BCUT2D eigenvalue weighted by molar-refractivity contribution is -0.119. The molecule has 2 aliphatic heterocycles. The van der Waals surface area contributed by atoms with E-state index in [9.17, 15) is 19.8 Å². The summed E-state index contributed by atoms with van der Waals surface area (Å²) < 4.78 is 0. The summed E-state index contributed by atoms with van der Waals surface area (Å²) in [4.78, 5) is 29.1. The van der Waals surface area contributed by atoms with Crippen LogP contribution in [0.5, 0.6) is 0 Å². The fourth-order valence-electron chi connectivity index (χ4n) is 4.34. The van der Waals surface area contributed by atoms with E-state index in [4.69, 9.17) is 11.6 Å². The van der Waals surface area contributed by atoms with E-state index in [1.807, 2.05) is 24.3 Å². The van der Waals surface area contributed by atoms with E-state index in [1.54, 1.807) is 24.3 Å². The Balaban J connectivity index is 1.40. The second kappa shape index (κ2) is 9.77. The summed E-state index contributed by atoms with van der Waals surface area (Å²) in [6, 6.07) is 13.0. The number of halogens is 1. The lowest BCUT2D eigenvalue weighted by atomic mass is 10.1. The fourth-order valence-corrected chi connectivity index (χ4v) is 4.47. The van der Waals surface area contributed by atoms with Gasteiger partial charge in [0.1, 0.15) is 6.04 Å². The van der Waals surface area contributed by atoms with Crippen LogP contribution in [0.3, 0.4) is 0 Å². The van der Waals surface area contributed by atoms with Crippen LogP contribution in [0.15, 0.2) is 48.5 Å². The van der Waals surface area contributed by atoms with Crippen molar-refractivity contribution < 1.29 is 19.8 Å². The molecule has 2 saturated heterocycles. The molecule has 0 saturated carbocycles. The molecule has 2 fully saturated rings. The number of carbonyl (C=O) groups excluding carboxylic acids is 2. The van der Waals surface area contributed by atoms with E-state index in [0.717, 1.165) is 25.1 Å². The lowest BCUT2D eigenvalue weighted by Crippen LogP contribution is -2.45. The second-order valence-electron chi connectivity index (χ2n) is 8.20. The highest BCUT2D eigenvalue weighted by molar-refractivity contribution is 6.30. The molecule has 2 heterocycles. The zero-order valence-electron chi connectivity index (χ0n) is 17.6. The second-order valence-corrected chi connectivity index (χ2v) is 8.64. The van der Waals surface area contributed by atoms with E-state index in [1.165, 1.54) is 4.90 Å². The molecule has 3 unspecified atom stereocenters. The van der Waals surface area contributed by atoms with Crippen LogP contribution in [0.2, 0.25) is 5.02 Å².